The van der Waals surface area contributed by atoms with Crippen LogP contribution in [0, 0.1) is 0 Å². The first-order valence-electron chi connectivity index (χ1n) is 7.97. The molecule has 0 unspecified atom stereocenters. The van der Waals surface area contributed by atoms with E-state index >= 15 is 0 Å². The summed E-state index contributed by atoms with van der Waals surface area (Å²) in [6.07, 6.45) is 2.08. The van der Waals surface area contributed by atoms with Crippen molar-refractivity contribution in [1.29, 1.82) is 0 Å². The number of fused-ring (bicyclic) bond motifs is 1. The Kier molecular flexibility index (Phi) is 4.10. The van der Waals surface area contributed by atoms with Gasteiger partial charge in [0.25, 0.3) is 5.78 Å². The molecule has 0 aliphatic carbocycles. The Labute approximate surface area is 144 Å². The summed E-state index contributed by atoms with van der Waals surface area (Å²) in [5, 5.41) is 13.2. The lowest BCUT2D eigenvalue weighted by molar-refractivity contribution is 0.299. The summed E-state index contributed by atoms with van der Waals surface area (Å²) in [7, 11) is 0. The van der Waals surface area contributed by atoms with E-state index in [2.05, 4.69) is 15.1 Å². The van der Waals surface area contributed by atoms with Crippen LogP contribution < -0.4 is 4.74 Å². The summed E-state index contributed by atoms with van der Waals surface area (Å²) in [5.74, 6) is 1.70. The monoisotopic (exact) mass is 332 g/mol. The molecular formula is C19H16N4O2. The highest BCUT2D eigenvalue weighted by Gasteiger charge is 2.11. The van der Waals surface area contributed by atoms with Gasteiger partial charge in [-0.05, 0) is 24.1 Å². The molecule has 124 valence electrons. The molecule has 0 saturated heterocycles. The Morgan fingerprint density at radius 3 is 2.56 bits per heavy atom. The molecule has 25 heavy (non-hydrogen) atoms. The zero-order chi connectivity index (χ0) is 17.1. The van der Waals surface area contributed by atoms with E-state index < -0.39 is 0 Å². The highest BCUT2D eigenvalue weighted by Crippen LogP contribution is 2.26. The van der Waals surface area contributed by atoms with Crippen LogP contribution in [-0.2, 0) is 6.42 Å². The maximum Gasteiger partial charge on any atom is 0.255 e. The molecule has 2 aromatic carbocycles. The minimum atomic E-state index is 0.130. The average molecular weight is 332 g/mol. The molecule has 4 aromatic rings. The van der Waals surface area contributed by atoms with E-state index in [1.54, 1.807) is 4.52 Å². The number of nitrogens with zero attached hydrogens (tertiary/aromatic N) is 4. The minimum Gasteiger partial charge on any atom is -0.439 e. The summed E-state index contributed by atoms with van der Waals surface area (Å²) < 4.78 is 7.57. The van der Waals surface area contributed by atoms with Crippen LogP contribution in [0.25, 0.3) is 17.0 Å². The molecule has 0 fully saturated rings. The van der Waals surface area contributed by atoms with Crippen molar-refractivity contribution in [2.75, 3.05) is 6.61 Å². The standard InChI is InChI=1S/C19H16N4O2/c24-11-10-14-6-8-16(9-7-14)25-18-12-17(15-4-2-1-3-5-15)22-19-20-13-21-23(18)19/h1-9,12-13,24H,10-11H2. The number of aliphatic hydroxyl groups is 1. The van der Waals surface area contributed by atoms with E-state index in [-0.39, 0.29) is 6.61 Å². The Morgan fingerprint density at radius 2 is 1.80 bits per heavy atom. The molecule has 0 amide bonds. The Hall–Kier alpha value is -3.25. The number of benzene rings is 2. The number of hydrogen-bond acceptors (Lipinski definition) is 5. The van der Waals surface area contributed by atoms with Crippen LogP contribution in [0.15, 0.2) is 67.0 Å². The molecule has 0 atom stereocenters. The second-order valence-electron chi connectivity index (χ2n) is 5.54. The zero-order valence-corrected chi connectivity index (χ0v) is 13.4. The van der Waals surface area contributed by atoms with Crippen LogP contribution in [0.5, 0.6) is 11.6 Å². The van der Waals surface area contributed by atoms with Crippen molar-refractivity contribution in [3.63, 3.8) is 0 Å². The van der Waals surface area contributed by atoms with Crippen molar-refractivity contribution in [2.24, 2.45) is 0 Å². The van der Waals surface area contributed by atoms with Crippen LogP contribution in [0.1, 0.15) is 5.56 Å². The van der Waals surface area contributed by atoms with Gasteiger partial charge in [-0.2, -0.15) is 14.6 Å². The van der Waals surface area contributed by atoms with Crippen LogP contribution in [0.4, 0.5) is 0 Å². The van der Waals surface area contributed by atoms with Crippen molar-refractivity contribution in [1.82, 2.24) is 19.6 Å². The quantitative estimate of drug-likeness (QED) is 0.608. The van der Waals surface area contributed by atoms with Gasteiger partial charge in [0.2, 0.25) is 5.88 Å². The number of ether oxygens (including phenoxy) is 1. The molecule has 0 saturated carbocycles. The van der Waals surface area contributed by atoms with Gasteiger partial charge in [-0.15, -0.1) is 0 Å². The molecular weight excluding hydrogens is 316 g/mol. The molecule has 2 aromatic heterocycles. The fourth-order valence-corrected chi connectivity index (χ4v) is 2.59. The zero-order valence-electron chi connectivity index (χ0n) is 13.4. The summed E-state index contributed by atoms with van der Waals surface area (Å²) in [5.41, 5.74) is 2.81. The topological polar surface area (TPSA) is 72.5 Å². The van der Waals surface area contributed by atoms with Gasteiger partial charge in [0.05, 0.1) is 5.69 Å². The van der Waals surface area contributed by atoms with E-state index in [4.69, 9.17) is 9.84 Å². The lowest BCUT2D eigenvalue weighted by Gasteiger charge is -2.09. The maximum atomic E-state index is 9.00. The van der Waals surface area contributed by atoms with Crippen molar-refractivity contribution in [2.45, 2.75) is 6.42 Å². The molecule has 2 heterocycles. The predicted molar refractivity (Wildman–Crippen MR) is 93.5 cm³/mol. The normalized spacial score (nSPS) is 10.9. The molecule has 6 nitrogen and oxygen atoms in total. The molecule has 0 aliphatic rings. The predicted octanol–water partition coefficient (Wildman–Crippen LogP) is 3.12. The molecule has 4 rings (SSSR count). The minimum absolute atomic E-state index is 0.130. The molecule has 0 bridgehead atoms. The lowest BCUT2D eigenvalue weighted by atomic mass is 10.1. The van der Waals surface area contributed by atoms with Gasteiger partial charge in [0, 0.05) is 18.2 Å². The fourth-order valence-electron chi connectivity index (χ4n) is 2.59. The van der Waals surface area contributed by atoms with E-state index in [1.165, 1.54) is 6.33 Å². The van der Waals surface area contributed by atoms with E-state index in [0.717, 1.165) is 16.8 Å². The summed E-state index contributed by atoms with van der Waals surface area (Å²) in [6, 6.07) is 19.3. The van der Waals surface area contributed by atoms with Crippen molar-refractivity contribution in [3.05, 3.63) is 72.6 Å². The van der Waals surface area contributed by atoms with Crippen molar-refractivity contribution >= 4 is 5.78 Å². The summed E-state index contributed by atoms with van der Waals surface area (Å²) in [4.78, 5) is 8.71. The van der Waals surface area contributed by atoms with Gasteiger partial charge < -0.3 is 9.84 Å². The molecule has 0 aliphatic heterocycles. The first-order valence-corrected chi connectivity index (χ1v) is 7.97. The van der Waals surface area contributed by atoms with Gasteiger partial charge in [0.1, 0.15) is 12.1 Å². The van der Waals surface area contributed by atoms with Gasteiger partial charge in [0.15, 0.2) is 0 Å². The summed E-state index contributed by atoms with van der Waals surface area (Å²) >= 11 is 0. The summed E-state index contributed by atoms with van der Waals surface area (Å²) in [6.45, 7) is 0.130. The fraction of sp³-hybridized carbons (Fsp3) is 0.105. The number of aromatic nitrogens is 4. The van der Waals surface area contributed by atoms with E-state index in [1.807, 2.05) is 60.7 Å². The van der Waals surface area contributed by atoms with Crippen LogP contribution in [0.2, 0.25) is 0 Å². The molecule has 0 spiro atoms. The van der Waals surface area contributed by atoms with Gasteiger partial charge in [-0.3, -0.25) is 0 Å². The smallest absolute Gasteiger partial charge is 0.255 e. The molecule has 0 radical (unpaired) electrons. The third-order valence-corrected chi connectivity index (χ3v) is 3.83. The Balaban J connectivity index is 1.72. The highest BCUT2D eigenvalue weighted by atomic mass is 16.5. The van der Waals surface area contributed by atoms with Gasteiger partial charge >= 0.3 is 0 Å². The largest absolute Gasteiger partial charge is 0.439 e. The second kappa shape index (κ2) is 6.70. The first-order chi connectivity index (χ1) is 12.3. The van der Waals surface area contributed by atoms with Gasteiger partial charge in [-0.25, -0.2) is 4.98 Å². The van der Waals surface area contributed by atoms with Crippen LogP contribution in [-0.4, -0.2) is 31.3 Å². The van der Waals surface area contributed by atoms with Crippen molar-refractivity contribution < 1.29 is 9.84 Å². The number of aliphatic hydroxyl groups excluding tert-OH is 1. The van der Waals surface area contributed by atoms with Crippen molar-refractivity contribution in [3.8, 4) is 22.9 Å². The third kappa shape index (κ3) is 3.20. The average Bonchev–Trinajstić information content (AvgIpc) is 3.13. The maximum absolute atomic E-state index is 9.00. The second-order valence-corrected chi connectivity index (χ2v) is 5.54. The first kappa shape index (κ1) is 15.3. The highest BCUT2D eigenvalue weighted by molar-refractivity contribution is 5.62. The Morgan fingerprint density at radius 1 is 1.00 bits per heavy atom. The number of rotatable bonds is 5. The van der Waals surface area contributed by atoms with Crippen LogP contribution >= 0.6 is 0 Å². The van der Waals surface area contributed by atoms with Gasteiger partial charge in [-0.1, -0.05) is 42.5 Å². The molecule has 1 N–H and O–H groups in total. The lowest BCUT2D eigenvalue weighted by Crippen LogP contribution is -1.99. The van der Waals surface area contributed by atoms with E-state index in [9.17, 15) is 0 Å². The third-order valence-electron chi connectivity index (χ3n) is 3.83. The molecule has 6 heteroatoms. The van der Waals surface area contributed by atoms with E-state index in [0.29, 0.717) is 23.8 Å². The van der Waals surface area contributed by atoms with Crippen LogP contribution in [0.3, 0.4) is 0 Å². The Bertz CT molecular complexity index is 981. The SMILES string of the molecule is OCCc1ccc(Oc2cc(-c3ccccc3)nc3ncnn23)cc1. The number of hydrogen-bond donors (Lipinski definition) is 1.